The molecule has 0 bridgehead atoms. The van der Waals surface area contributed by atoms with Crippen molar-refractivity contribution in [1.82, 2.24) is 0 Å². The quantitative estimate of drug-likeness (QED) is 0.582. The van der Waals surface area contributed by atoms with E-state index in [0.29, 0.717) is 5.75 Å². The standard InChI is InChI=1S/C15H21NO.ClH3O4/c1-11-8-12(2)15(17)14(9-11)10-16-7-5-4-6-13(16)3;2-1(3,4)5/h8-9H,4-7,10H2,1-3H3;2-4H/p+1. The Kier molecular flexibility index (Phi) is 6.77. The summed E-state index contributed by atoms with van der Waals surface area (Å²) in [6.45, 7) is 8.23. The molecular formula is C15H25ClNO5+. The second-order valence-electron chi connectivity index (χ2n) is 5.64. The molecule has 1 aliphatic rings. The molecule has 2 rings (SSSR count). The summed E-state index contributed by atoms with van der Waals surface area (Å²) in [5.41, 5.74) is 4.72. The number of nitrogens with zero attached hydrogens (tertiary/aromatic N) is 1. The molecule has 22 heavy (non-hydrogen) atoms. The topological polar surface area (TPSA) is 107 Å². The molecule has 1 heterocycles. The minimum absolute atomic E-state index is 0.467. The fraction of sp³-hybridized carbons (Fsp3) is 0.533. The van der Waals surface area contributed by atoms with E-state index in [-0.39, 0.29) is 0 Å². The van der Waals surface area contributed by atoms with Crippen molar-refractivity contribution in [2.45, 2.75) is 46.6 Å². The van der Waals surface area contributed by atoms with Gasteiger partial charge in [-0.25, -0.2) is 4.58 Å². The molecule has 6 nitrogen and oxygen atoms in total. The molecule has 0 spiro atoms. The van der Waals surface area contributed by atoms with Gasteiger partial charge in [-0.1, -0.05) is 11.6 Å². The van der Waals surface area contributed by atoms with Gasteiger partial charge in [0.1, 0.15) is 18.0 Å². The number of phenolic OH excluding ortho intramolecular Hbond substituents is 1. The van der Waals surface area contributed by atoms with Crippen LogP contribution in [0.5, 0.6) is 5.75 Å². The Morgan fingerprint density at radius 2 is 1.73 bits per heavy atom. The van der Waals surface area contributed by atoms with Crippen LogP contribution < -0.4 is 4.66 Å². The van der Waals surface area contributed by atoms with E-state index >= 15 is 0 Å². The van der Waals surface area contributed by atoms with Gasteiger partial charge in [-0.15, -0.1) is 0 Å². The monoisotopic (exact) mass is 334 g/mol. The van der Waals surface area contributed by atoms with Crippen molar-refractivity contribution in [3.63, 3.8) is 0 Å². The van der Waals surface area contributed by atoms with Gasteiger partial charge in [-0.05, 0) is 31.9 Å². The Hall–Kier alpha value is -1.18. The summed E-state index contributed by atoms with van der Waals surface area (Å²) in [6.07, 6.45) is 3.77. The zero-order valence-corrected chi connectivity index (χ0v) is 14.0. The first-order valence-electron chi connectivity index (χ1n) is 7.10. The molecule has 0 atom stereocenters. The number of aryl methyl sites for hydroxylation is 2. The van der Waals surface area contributed by atoms with Crippen LogP contribution in [-0.2, 0) is 6.54 Å². The van der Waals surface area contributed by atoms with Crippen molar-refractivity contribution in [2.75, 3.05) is 6.54 Å². The van der Waals surface area contributed by atoms with Crippen molar-refractivity contribution in [3.05, 3.63) is 28.8 Å². The molecule has 1 aliphatic heterocycles. The Bertz CT molecular complexity index is 546. The molecule has 0 saturated heterocycles. The fourth-order valence-electron chi connectivity index (χ4n) is 2.62. The number of benzene rings is 1. The zero-order valence-electron chi connectivity index (χ0n) is 13.2. The van der Waals surface area contributed by atoms with Crippen LogP contribution in [0.2, 0.25) is 0 Å². The molecule has 0 amide bonds. The predicted molar refractivity (Wildman–Crippen MR) is 77.6 cm³/mol. The summed E-state index contributed by atoms with van der Waals surface area (Å²) in [7, 11) is -4.19. The summed E-state index contributed by atoms with van der Waals surface area (Å²) in [5, 5.41) is 10.1. The molecule has 0 fully saturated rings. The van der Waals surface area contributed by atoms with Crippen molar-refractivity contribution in [2.24, 2.45) is 0 Å². The maximum atomic E-state index is 10.1. The molecule has 1 aromatic carbocycles. The van der Waals surface area contributed by atoms with Crippen LogP contribution in [0.25, 0.3) is 0 Å². The molecule has 0 saturated carbocycles. The molecule has 1 aromatic rings. The van der Waals surface area contributed by atoms with Crippen molar-refractivity contribution in [3.8, 4) is 5.75 Å². The van der Waals surface area contributed by atoms with E-state index < -0.39 is 10.2 Å². The van der Waals surface area contributed by atoms with E-state index in [0.717, 1.165) is 24.2 Å². The van der Waals surface area contributed by atoms with E-state index in [1.165, 1.54) is 30.5 Å². The predicted octanol–water partition coefficient (Wildman–Crippen LogP) is 0.306. The third-order valence-corrected chi connectivity index (χ3v) is 3.64. The van der Waals surface area contributed by atoms with Gasteiger partial charge < -0.3 is 5.11 Å². The normalized spacial score (nSPS) is 16.1. The molecular weight excluding hydrogens is 310 g/mol. The SMILES string of the molecule is CC1=[N+](Cc2cc(C)cc(C)c2O)CCCC1.[O-][Cl+](O)(O)O. The second kappa shape index (κ2) is 7.89. The van der Waals surface area contributed by atoms with Crippen LogP contribution >= 0.6 is 0 Å². The second-order valence-corrected chi connectivity index (χ2v) is 6.50. The number of phenols is 1. The Morgan fingerprint density at radius 1 is 1.14 bits per heavy atom. The van der Waals surface area contributed by atoms with Gasteiger partial charge in [0.2, 0.25) is 0 Å². The molecule has 0 radical (unpaired) electrons. The van der Waals surface area contributed by atoms with Crippen LogP contribution in [0.3, 0.4) is 0 Å². The molecule has 4 N–H and O–H groups in total. The third-order valence-electron chi connectivity index (χ3n) is 3.64. The average molecular weight is 335 g/mol. The Morgan fingerprint density at radius 3 is 2.27 bits per heavy atom. The number of halogens is 1. The maximum absolute atomic E-state index is 10.1. The van der Waals surface area contributed by atoms with Crippen molar-refractivity contribution in [1.29, 1.82) is 0 Å². The Labute approximate surface area is 132 Å². The van der Waals surface area contributed by atoms with Crippen molar-refractivity contribution < 1.29 is 38.6 Å². The van der Waals surface area contributed by atoms with Gasteiger partial charge >= 0.3 is 28.9 Å². The van der Waals surface area contributed by atoms with Gasteiger partial charge in [0, 0.05) is 19.8 Å². The number of hydrogen-bond donors (Lipinski definition) is 4. The average Bonchev–Trinajstić information content (AvgIpc) is 2.36. The van der Waals surface area contributed by atoms with E-state index in [4.69, 9.17) is 18.6 Å². The van der Waals surface area contributed by atoms with Crippen LogP contribution in [0.1, 0.15) is 42.9 Å². The first-order valence-corrected chi connectivity index (χ1v) is 8.43. The summed E-state index contributed by atoms with van der Waals surface area (Å²) in [6, 6.07) is 4.13. The Balaban J connectivity index is 0.000000422. The van der Waals surface area contributed by atoms with Gasteiger partial charge in [0.25, 0.3) is 0 Å². The van der Waals surface area contributed by atoms with Crippen LogP contribution in [0.4, 0.5) is 0 Å². The van der Waals surface area contributed by atoms with E-state index in [2.05, 4.69) is 24.5 Å². The van der Waals surface area contributed by atoms with E-state index in [9.17, 15) is 5.11 Å². The molecule has 126 valence electrons. The van der Waals surface area contributed by atoms with Crippen LogP contribution in [0, 0.1) is 24.1 Å². The van der Waals surface area contributed by atoms with Crippen molar-refractivity contribution >= 4 is 5.71 Å². The summed E-state index contributed by atoms with van der Waals surface area (Å²) >= 11 is 0. The number of hydrogen-bond acceptors (Lipinski definition) is 5. The first-order chi connectivity index (χ1) is 10.1. The third kappa shape index (κ3) is 6.72. The molecule has 7 heteroatoms. The van der Waals surface area contributed by atoms with Crippen LogP contribution in [0.15, 0.2) is 12.1 Å². The van der Waals surface area contributed by atoms with Gasteiger partial charge in [0.15, 0.2) is 6.54 Å². The zero-order chi connectivity index (χ0) is 16.9. The molecule has 0 aliphatic carbocycles. The molecule has 0 aromatic heterocycles. The summed E-state index contributed by atoms with van der Waals surface area (Å²) < 4.78 is 32.6. The minimum atomic E-state index is -4.19. The number of rotatable bonds is 2. The van der Waals surface area contributed by atoms with Crippen LogP contribution in [-0.4, -0.2) is 35.9 Å². The fourth-order valence-corrected chi connectivity index (χ4v) is 2.62. The molecule has 0 unspecified atom stereocenters. The summed E-state index contributed by atoms with van der Waals surface area (Å²) in [4.78, 5) is 0. The first kappa shape index (κ1) is 18.9. The van der Waals surface area contributed by atoms with Gasteiger partial charge in [-0.3, -0.25) is 0 Å². The number of aromatic hydroxyl groups is 1. The van der Waals surface area contributed by atoms with Gasteiger partial charge in [0.05, 0.1) is 5.56 Å². The summed E-state index contributed by atoms with van der Waals surface area (Å²) in [5.74, 6) is 0.467. The van der Waals surface area contributed by atoms with E-state index in [1.54, 1.807) is 0 Å². The van der Waals surface area contributed by atoms with E-state index in [1.807, 2.05) is 13.0 Å². The van der Waals surface area contributed by atoms with Gasteiger partial charge in [-0.2, -0.15) is 0 Å².